The summed E-state index contributed by atoms with van der Waals surface area (Å²) in [6, 6.07) is -7.13. The van der Waals surface area contributed by atoms with Crippen molar-refractivity contribution < 1.29 is 83.3 Å². The van der Waals surface area contributed by atoms with E-state index in [1.165, 1.54) is 19.1 Å². The van der Waals surface area contributed by atoms with Gasteiger partial charge >= 0.3 is 0 Å². The summed E-state index contributed by atoms with van der Waals surface area (Å²) >= 11 is 0.0809. The van der Waals surface area contributed by atoms with Gasteiger partial charge in [-0.2, -0.15) is 0 Å². The average molecular weight is 887 g/mol. The topological polar surface area (TPSA) is 377 Å². The third-order valence-corrected chi connectivity index (χ3v) is 10.8. The van der Waals surface area contributed by atoms with Crippen LogP contribution in [0.15, 0.2) is 18.2 Å². The molecule has 1 aromatic rings. The van der Waals surface area contributed by atoms with Crippen molar-refractivity contribution in [3.05, 3.63) is 35.2 Å². The smallest absolute Gasteiger partial charge is 0.261 e. The van der Waals surface area contributed by atoms with Gasteiger partial charge in [0.2, 0.25) is 42.0 Å². The number of aliphatic hydroxyl groups excluding tert-OH is 6. The lowest BCUT2D eigenvalue weighted by Gasteiger charge is -2.33. The van der Waals surface area contributed by atoms with Crippen LogP contribution < -0.4 is 31.2 Å². The Kier molecular flexibility index (Phi) is 17.4. The maximum Gasteiger partial charge on any atom is 0.261 e. The molecule has 7 unspecified atom stereocenters. The second kappa shape index (κ2) is 21.7. The monoisotopic (exact) mass is 886 g/mol. The van der Waals surface area contributed by atoms with Crippen LogP contribution in [-0.2, 0) is 44.6 Å². The molecule has 0 aromatic heterocycles. The molecule has 14 N–H and O–H groups in total. The van der Waals surface area contributed by atoms with Crippen molar-refractivity contribution in [3.8, 4) is 11.5 Å². The summed E-state index contributed by atoms with van der Waals surface area (Å²) in [7, 11) is 0. The van der Waals surface area contributed by atoms with Gasteiger partial charge in [-0.3, -0.25) is 28.8 Å². The molecule has 0 aliphatic carbocycles. The third kappa shape index (κ3) is 12.1. The molecule has 0 saturated carbocycles. The quantitative estimate of drug-likeness (QED) is 0.0342. The van der Waals surface area contributed by atoms with Crippen molar-refractivity contribution in [1.82, 2.24) is 31.1 Å². The molecular weight excluding hydrogens is 836 g/mol. The molecule has 3 aliphatic heterocycles. The van der Waals surface area contributed by atoms with Crippen molar-refractivity contribution in [2.75, 3.05) is 26.2 Å². The van der Waals surface area contributed by atoms with Gasteiger partial charge in [-0.1, -0.05) is 22.4 Å². The number of amides is 6. The van der Waals surface area contributed by atoms with Crippen LogP contribution in [0.4, 0.5) is 0 Å². The summed E-state index contributed by atoms with van der Waals surface area (Å²) in [5.74, 6) is -8.26. The molecular formula is C35H50N8O17S. The van der Waals surface area contributed by atoms with Crippen molar-refractivity contribution >= 4 is 47.8 Å². The van der Waals surface area contributed by atoms with Crippen molar-refractivity contribution in [1.29, 1.82) is 0 Å². The molecule has 3 fully saturated rings. The van der Waals surface area contributed by atoms with Gasteiger partial charge < -0.3 is 81.6 Å². The van der Waals surface area contributed by atoms with Crippen molar-refractivity contribution in [2.24, 2.45) is 11.7 Å². The lowest BCUT2D eigenvalue weighted by molar-refractivity contribution is -0.433. The predicted molar refractivity (Wildman–Crippen MR) is 204 cm³/mol. The van der Waals surface area contributed by atoms with E-state index in [0.29, 0.717) is 0 Å². The number of aliphatic hydroxyl groups is 6. The largest absolute Gasteiger partial charge is 0.504 e. The highest BCUT2D eigenvalue weighted by molar-refractivity contribution is 7.90. The Balaban J connectivity index is 1.80. The molecule has 6 amide bonds. The molecule has 25 nitrogen and oxygen atoms in total. The number of hydrogen-bond acceptors (Lipinski definition) is 19. The second-order valence-electron chi connectivity index (χ2n) is 15.0. The van der Waals surface area contributed by atoms with E-state index in [9.17, 15) is 64.5 Å². The van der Waals surface area contributed by atoms with Gasteiger partial charge in [0.15, 0.2) is 17.6 Å². The number of phenols is 1. The fraction of sp³-hybridized carbons (Fsp3) is 0.629. The van der Waals surface area contributed by atoms with E-state index in [-0.39, 0.29) is 30.2 Å². The Morgan fingerprint density at radius 3 is 2.20 bits per heavy atom. The Morgan fingerprint density at radius 2 is 1.54 bits per heavy atom. The molecule has 61 heavy (non-hydrogen) atoms. The molecule has 26 heteroatoms. The van der Waals surface area contributed by atoms with Gasteiger partial charge in [0.25, 0.3) is 12.3 Å². The Bertz CT molecular complexity index is 1810. The Morgan fingerprint density at radius 1 is 0.885 bits per heavy atom. The first-order chi connectivity index (χ1) is 28.8. The van der Waals surface area contributed by atoms with Gasteiger partial charge in [-0.15, -0.1) is 0 Å². The highest BCUT2D eigenvalue weighted by Gasteiger charge is 2.50. The van der Waals surface area contributed by atoms with Gasteiger partial charge in [-0.25, -0.2) is 11.8 Å². The summed E-state index contributed by atoms with van der Waals surface area (Å²) in [5, 5.41) is 96.8. The first-order valence-electron chi connectivity index (χ1n) is 18.9. The van der Waals surface area contributed by atoms with E-state index in [4.69, 9.17) is 21.7 Å². The normalized spacial score (nSPS) is 31.3. The van der Waals surface area contributed by atoms with Crippen molar-refractivity contribution in [2.45, 2.75) is 106 Å². The number of phenolic OH excluding ortho intramolecular Hbond substituents is 1. The predicted octanol–water partition coefficient (Wildman–Crippen LogP) is -5.85. The van der Waals surface area contributed by atoms with E-state index in [1.807, 2.05) is 0 Å². The van der Waals surface area contributed by atoms with Gasteiger partial charge in [0.05, 0.1) is 36.6 Å². The molecule has 4 rings (SSSR count). The van der Waals surface area contributed by atoms with Gasteiger partial charge in [-0.05, 0) is 31.0 Å². The number of rotatable bonds is 10. The maximum absolute atomic E-state index is 14.3. The van der Waals surface area contributed by atoms with Crippen LogP contribution in [0.2, 0.25) is 0 Å². The highest BCUT2D eigenvalue weighted by Crippen LogP contribution is 2.31. The van der Waals surface area contributed by atoms with E-state index in [2.05, 4.69) is 35.5 Å². The molecule has 0 spiro atoms. The summed E-state index contributed by atoms with van der Waals surface area (Å²) in [6.07, 6.45) is -11.4. The number of benzene rings is 1. The highest BCUT2D eigenvalue weighted by atomic mass is 32.2. The molecule has 338 valence electrons. The van der Waals surface area contributed by atoms with Crippen molar-refractivity contribution in [3.63, 3.8) is 0 Å². The van der Waals surface area contributed by atoms with Gasteiger partial charge in [0, 0.05) is 38.4 Å². The number of nitrogens with two attached hydrogens (primary N) is 1. The third-order valence-electron chi connectivity index (χ3n) is 10.4. The van der Waals surface area contributed by atoms with Crippen LogP contribution in [0.5, 0.6) is 11.5 Å². The van der Waals surface area contributed by atoms with E-state index in [0.717, 1.165) is 22.8 Å². The minimum atomic E-state index is -2.08. The lowest BCUT2D eigenvalue weighted by Crippen LogP contribution is -2.64. The second-order valence-corrected chi connectivity index (χ2v) is 15.5. The number of β-amino-alcohol motifs (C(OH)–C–C–N with tert-alkyl or cyclic N) is 1. The number of nitrogens with one attached hydrogen (secondary N) is 4. The molecule has 0 bridgehead atoms. The Hall–Kier alpha value is -4.92. The van der Waals surface area contributed by atoms with E-state index < -0.39 is 159 Å². The number of aromatic hydroxyl groups is 1. The van der Waals surface area contributed by atoms with Gasteiger partial charge in [0.1, 0.15) is 30.2 Å². The fourth-order valence-corrected chi connectivity index (χ4v) is 7.45. The first-order valence-corrected chi connectivity index (χ1v) is 19.6. The summed E-state index contributed by atoms with van der Waals surface area (Å²) < 4.78 is 9.20. The average Bonchev–Trinajstić information content (AvgIpc) is 3.75. The standard InChI is InChI=1S/C35H50N8O17S/c1-14-12-43-28(29(14)50)33(54)38-10-17(45)8-19(36)30(51)39-25(15(2)44)34(55)42-13-18(46)9-20(42)31(52)40-26(32(53)41-27(35(43)56)23(49)11-37-3)22(48)6-16-4-5-21(47)24(7-16)58-61-60-59-57/h4-5,7,14-15,17-20,22-23,25-29,44-50,57H,6,8-13,36H2,1-2H3,(H,38,54)(H,39,51)(H,40,52)(H,41,53)/t14?,15?,17-,18?,19-,20?,22+,23+,25?,26?,27-,28?,29-/m0/s1. The van der Waals surface area contributed by atoms with Crippen LogP contribution in [0.25, 0.3) is 4.85 Å². The molecule has 13 atom stereocenters. The zero-order chi connectivity index (χ0) is 45.3. The lowest BCUT2D eigenvalue weighted by atomic mass is 9.99. The van der Waals surface area contributed by atoms with Crippen LogP contribution >= 0.6 is 12.3 Å². The zero-order valence-electron chi connectivity index (χ0n) is 32.8. The molecule has 1 aromatic carbocycles. The summed E-state index contributed by atoms with van der Waals surface area (Å²) in [4.78, 5) is 87.9. The molecule has 0 radical (unpaired) electrons. The van der Waals surface area contributed by atoms with Crippen LogP contribution in [-0.4, -0.2) is 185 Å². The van der Waals surface area contributed by atoms with E-state index >= 15 is 0 Å². The molecule has 3 aliphatic rings. The summed E-state index contributed by atoms with van der Waals surface area (Å²) in [5.41, 5.74) is 6.14. The minimum absolute atomic E-state index is 0.0809. The van der Waals surface area contributed by atoms with Crippen LogP contribution in [0.3, 0.4) is 0 Å². The van der Waals surface area contributed by atoms with E-state index in [1.54, 1.807) is 0 Å². The number of carbonyl (C=O) groups is 6. The fourth-order valence-electron chi connectivity index (χ4n) is 7.19. The number of nitrogens with zero attached hydrogens (tertiary/aromatic N) is 3. The number of carbonyl (C=O) groups excluding carboxylic acids is 6. The molecule has 3 saturated heterocycles. The van der Waals surface area contributed by atoms with Crippen LogP contribution in [0, 0.1) is 12.5 Å². The number of fused-ring (bicyclic) bond motifs is 2. The zero-order valence-corrected chi connectivity index (χ0v) is 33.6. The Labute approximate surface area is 352 Å². The molecule has 3 heterocycles. The van der Waals surface area contributed by atoms with Crippen LogP contribution in [0.1, 0.15) is 32.3 Å². The first kappa shape index (κ1) is 48.7. The summed E-state index contributed by atoms with van der Waals surface area (Å²) in [6.45, 7) is 7.82. The SMILES string of the molecule is [C-]#[N+]C[C@@H](O)[C@@H]1NC(=O)C([C@H](O)Cc2ccc(O)c(OSOOO)c2)NC(=O)C2CC(O)CN2C(=O)C(C(C)O)NC(=O)[C@@H](N)C[C@H](O)CNC(=O)C2[C@@H](O)C(C)CN2C1=O. The maximum atomic E-state index is 14.3. The number of hydrogen-bond donors (Lipinski definition) is 13. The minimum Gasteiger partial charge on any atom is -0.504 e.